The van der Waals surface area contributed by atoms with Crippen LogP contribution in [-0.4, -0.2) is 73.9 Å². The Balaban J connectivity index is 1.29. The zero-order chi connectivity index (χ0) is 39.7. The van der Waals surface area contributed by atoms with Gasteiger partial charge in [-0.3, -0.25) is 14.4 Å². The number of anilines is 2. The van der Waals surface area contributed by atoms with Gasteiger partial charge in [0, 0.05) is 33.1 Å². The maximum Gasteiger partial charge on any atom is 0.410 e. The summed E-state index contributed by atoms with van der Waals surface area (Å²) in [5.74, 6) is -1.06. The lowest BCUT2D eigenvalue weighted by Gasteiger charge is -2.30. The first-order valence-electron chi connectivity index (χ1n) is 17.1. The Morgan fingerprint density at radius 3 is 2.36 bits per heavy atom. The van der Waals surface area contributed by atoms with Crippen LogP contribution in [0.15, 0.2) is 83.4 Å². The van der Waals surface area contributed by atoms with Gasteiger partial charge in [-0.05, 0) is 87.4 Å². The van der Waals surface area contributed by atoms with Gasteiger partial charge in [-0.25, -0.2) is 9.59 Å². The number of methoxy groups -OCH3 is 3. The Morgan fingerprint density at radius 2 is 1.67 bits per heavy atom. The number of rotatable bonds is 12. The summed E-state index contributed by atoms with van der Waals surface area (Å²) in [4.78, 5) is 68.7. The number of nitrogens with one attached hydrogen (secondary N) is 3. The second-order valence-electron chi connectivity index (χ2n) is 13.2. The number of fused-ring (bicyclic) bond motifs is 1. The Morgan fingerprint density at radius 1 is 0.909 bits per heavy atom. The minimum absolute atomic E-state index is 0.0153. The van der Waals surface area contributed by atoms with Gasteiger partial charge in [-0.2, -0.15) is 0 Å². The van der Waals surface area contributed by atoms with Crippen LogP contribution < -0.4 is 25.4 Å². The number of hydrogen-bond acceptors (Lipinski definition) is 11. The van der Waals surface area contributed by atoms with Crippen molar-refractivity contribution >= 4 is 69.6 Å². The molecule has 3 N–H and O–H groups in total. The number of carbonyl (C=O) groups excluding carboxylic acids is 5. The van der Waals surface area contributed by atoms with E-state index in [1.165, 1.54) is 50.5 Å². The Kier molecular flexibility index (Phi) is 13.2. The first-order valence-corrected chi connectivity index (χ1v) is 18.9. The molecule has 1 aliphatic heterocycles. The number of thiophene rings is 1. The number of amides is 4. The molecule has 0 aliphatic carbocycles. The molecule has 15 heteroatoms. The molecule has 55 heavy (non-hydrogen) atoms. The highest BCUT2D eigenvalue weighted by Gasteiger charge is 2.32. The minimum atomic E-state index is -0.655. The summed E-state index contributed by atoms with van der Waals surface area (Å²) < 4.78 is 21.4. The van der Waals surface area contributed by atoms with Gasteiger partial charge < -0.3 is 39.8 Å². The first-order chi connectivity index (χ1) is 26.3. The maximum atomic E-state index is 13.7. The van der Waals surface area contributed by atoms with E-state index in [2.05, 4.69) is 16.0 Å². The molecular formula is C40H42N4O9S2. The van der Waals surface area contributed by atoms with Gasteiger partial charge >= 0.3 is 12.1 Å². The van der Waals surface area contributed by atoms with Crippen LogP contribution in [0.4, 0.5) is 15.5 Å². The highest BCUT2D eigenvalue weighted by molar-refractivity contribution is 8.00. The van der Waals surface area contributed by atoms with Crippen LogP contribution in [0.25, 0.3) is 6.08 Å². The van der Waals surface area contributed by atoms with Gasteiger partial charge in [0.2, 0.25) is 5.91 Å². The summed E-state index contributed by atoms with van der Waals surface area (Å²) in [7, 11) is 4.30. The molecule has 3 aromatic carbocycles. The molecular weight excluding hydrogens is 745 g/mol. The van der Waals surface area contributed by atoms with Crippen molar-refractivity contribution in [1.82, 2.24) is 10.2 Å². The Hall–Kier alpha value is -5.80. The lowest BCUT2D eigenvalue weighted by Crippen LogP contribution is -2.39. The molecule has 0 saturated heterocycles. The monoisotopic (exact) mass is 786 g/mol. The highest BCUT2D eigenvalue weighted by Crippen LogP contribution is 2.38. The molecule has 0 bridgehead atoms. The van der Waals surface area contributed by atoms with Gasteiger partial charge in [0.05, 0.1) is 39.2 Å². The van der Waals surface area contributed by atoms with Gasteiger partial charge in [0.1, 0.15) is 27.8 Å². The van der Waals surface area contributed by atoms with Crippen LogP contribution >= 0.6 is 23.1 Å². The minimum Gasteiger partial charge on any atom is -0.497 e. The molecule has 1 aliphatic rings. The summed E-state index contributed by atoms with van der Waals surface area (Å²) in [5.41, 5.74) is 1.59. The molecule has 4 aromatic rings. The van der Waals surface area contributed by atoms with E-state index in [4.69, 9.17) is 18.9 Å². The van der Waals surface area contributed by atoms with E-state index in [0.717, 1.165) is 10.4 Å². The maximum absolute atomic E-state index is 13.7. The van der Waals surface area contributed by atoms with E-state index >= 15 is 0 Å². The number of carbonyl (C=O) groups is 5. The Bertz CT molecular complexity index is 2110. The van der Waals surface area contributed by atoms with Gasteiger partial charge in [-0.1, -0.05) is 24.3 Å². The molecule has 4 amide bonds. The summed E-state index contributed by atoms with van der Waals surface area (Å²) in [6.45, 7) is 5.98. The zero-order valence-electron chi connectivity index (χ0n) is 31.3. The van der Waals surface area contributed by atoms with Crippen molar-refractivity contribution in [2.45, 2.75) is 44.2 Å². The fourth-order valence-corrected chi connectivity index (χ4v) is 7.54. The van der Waals surface area contributed by atoms with E-state index in [9.17, 15) is 24.0 Å². The van der Waals surface area contributed by atoms with E-state index < -0.39 is 29.5 Å². The van der Waals surface area contributed by atoms with Crippen molar-refractivity contribution in [1.29, 1.82) is 0 Å². The molecule has 0 unspecified atom stereocenters. The highest BCUT2D eigenvalue weighted by atomic mass is 32.2. The molecule has 0 atom stereocenters. The number of esters is 1. The van der Waals surface area contributed by atoms with Crippen molar-refractivity contribution in [3.63, 3.8) is 0 Å². The summed E-state index contributed by atoms with van der Waals surface area (Å²) in [6.07, 6.45) is 1.45. The molecule has 13 nitrogen and oxygen atoms in total. The number of nitrogens with zero attached hydrogens (tertiary/aromatic N) is 1. The van der Waals surface area contributed by atoms with Crippen molar-refractivity contribution < 1.29 is 42.9 Å². The smallest absolute Gasteiger partial charge is 0.410 e. The van der Waals surface area contributed by atoms with Crippen LogP contribution in [0, 0.1) is 0 Å². The van der Waals surface area contributed by atoms with Crippen molar-refractivity contribution in [3.8, 4) is 11.5 Å². The zero-order valence-corrected chi connectivity index (χ0v) is 32.9. The predicted octanol–water partition coefficient (Wildman–Crippen LogP) is 6.99. The van der Waals surface area contributed by atoms with Crippen LogP contribution in [0.3, 0.4) is 0 Å². The lowest BCUT2D eigenvalue weighted by atomic mass is 10.0. The molecule has 2 heterocycles. The normalized spacial score (nSPS) is 12.5. The van der Waals surface area contributed by atoms with Crippen LogP contribution in [0.1, 0.15) is 57.5 Å². The van der Waals surface area contributed by atoms with Gasteiger partial charge in [0.25, 0.3) is 11.8 Å². The van der Waals surface area contributed by atoms with E-state index in [0.29, 0.717) is 51.2 Å². The van der Waals surface area contributed by atoms with E-state index in [-0.39, 0.29) is 29.5 Å². The summed E-state index contributed by atoms with van der Waals surface area (Å²) in [6, 6.07) is 20.5. The molecule has 0 spiro atoms. The molecule has 0 saturated carbocycles. The molecule has 0 radical (unpaired) electrons. The average molecular weight is 787 g/mol. The fraction of sp³-hybridized carbons (Fsp3) is 0.275. The third-order valence-electron chi connectivity index (χ3n) is 8.08. The van der Waals surface area contributed by atoms with Crippen molar-refractivity contribution in [3.05, 3.63) is 106 Å². The largest absolute Gasteiger partial charge is 0.497 e. The average Bonchev–Trinajstić information content (AvgIpc) is 3.53. The number of ether oxygens (including phenoxy) is 4. The number of hydrogen-bond donors (Lipinski definition) is 3. The van der Waals surface area contributed by atoms with Crippen molar-refractivity contribution in [2.75, 3.05) is 44.3 Å². The first kappa shape index (κ1) is 40.4. The predicted molar refractivity (Wildman–Crippen MR) is 212 cm³/mol. The van der Waals surface area contributed by atoms with E-state index in [1.807, 2.05) is 0 Å². The lowest BCUT2D eigenvalue weighted by molar-refractivity contribution is -0.114. The fourth-order valence-electron chi connectivity index (χ4n) is 5.52. The molecule has 5 rings (SSSR count). The third-order valence-corrected chi connectivity index (χ3v) is 10.2. The van der Waals surface area contributed by atoms with Crippen LogP contribution in [0.2, 0.25) is 0 Å². The van der Waals surface area contributed by atoms with Gasteiger partial charge in [-0.15, -0.1) is 23.1 Å². The standard InChI is InChI=1S/C40H42N4O9S2/c1-40(2,3)53-39(49)44-18-17-29-32(22-44)55-37(34(29)38(48)52-6)43-33(45)23-54-28-14-10-13-26(21-28)41-36(47)30(42-35(46)24-11-8-7-9-12-24)20-25-19-27(50-4)15-16-31(25)51-5/h7-16,19-21H,17-18,22-23H2,1-6H3,(H,41,47)(H,42,46)(H,43,45)/b30-20+. The topological polar surface area (TPSA) is 162 Å². The second-order valence-corrected chi connectivity index (χ2v) is 15.3. The molecule has 1 aromatic heterocycles. The number of benzene rings is 3. The van der Waals surface area contributed by atoms with Gasteiger partial charge in [0.15, 0.2) is 0 Å². The number of thioether (sulfide) groups is 1. The SMILES string of the molecule is COC(=O)c1c(NC(=O)CSc2cccc(NC(=O)/C(=C\c3cc(OC)ccc3OC)NC(=O)c3ccccc3)c2)sc2c1CCN(C(=O)OC(C)(C)C)C2. The second kappa shape index (κ2) is 18.0. The summed E-state index contributed by atoms with van der Waals surface area (Å²) in [5, 5.41) is 8.76. The van der Waals surface area contributed by atoms with Crippen LogP contribution in [0.5, 0.6) is 11.5 Å². The molecule has 288 valence electrons. The van der Waals surface area contributed by atoms with Crippen LogP contribution in [-0.2, 0) is 32.0 Å². The summed E-state index contributed by atoms with van der Waals surface area (Å²) >= 11 is 2.45. The quantitative estimate of drug-likeness (QED) is 0.0776. The molecule has 0 fully saturated rings. The van der Waals surface area contributed by atoms with E-state index in [1.54, 1.807) is 98.5 Å². The third kappa shape index (κ3) is 10.7. The van der Waals surface area contributed by atoms with Crippen molar-refractivity contribution in [2.24, 2.45) is 0 Å². The Labute approximate surface area is 327 Å².